The van der Waals surface area contributed by atoms with Gasteiger partial charge in [0.2, 0.25) is 15.9 Å². The molecule has 0 atom stereocenters. The molecule has 0 bridgehead atoms. The van der Waals surface area contributed by atoms with E-state index in [0.717, 1.165) is 0 Å². The second-order valence-corrected chi connectivity index (χ2v) is 9.25. The summed E-state index contributed by atoms with van der Waals surface area (Å²) >= 11 is 12.4. The van der Waals surface area contributed by atoms with Crippen molar-refractivity contribution in [2.45, 2.75) is 18.2 Å². The van der Waals surface area contributed by atoms with Gasteiger partial charge in [0.25, 0.3) is 0 Å². The van der Waals surface area contributed by atoms with Crippen LogP contribution in [0, 0.1) is 18.3 Å². The molecule has 0 heterocycles. The third-order valence-electron chi connectivity index (χ3n) is 4.44. The van der Waals surface area contributed by atoms with E-state index in [0.29, 0.717) is 33.1 Å². The van der Waals surface area contributed by atoms with Gasteiger partial charge in [-0.05, 0) is 60.5 Å². The number of ether oxygens (including phenoxy) is 1. The zero-order valence-corrected chi connectivity index (χ0v) is 19.1. The van der Waals surface area contributed by atoms with Crippen LogP contribution in [0.15, 0.2) is 59.5 Å². The lowest BCUT2D eigenvalue weighted by atomic mass is 10.1. The van der Waals surface area contributed by atoms with E-state index in [9.17, 15) is 13.2 Å². The third-order valence-corrected chi connectivity index (χ3v) is 5.96. The van der Waals surface area contributed by atoms with Crippen molar-refractivity contribution < 1.29 is 17.9 Å². The standard InChI is InChI=1S/C22H17Cl2N3O4S/c1-13-8-16(32(26,29)30)4-6-19(13)27-22(28)11-14-3-7-20(18(24)9-14)31-21-10-15(12-25)2-5-17(21)23/h2-10H,11H2,1H3,(H,27,28)(H2,26,29,30). The lowest BCUT2D eigenvalue weighted by Crippen LogP contribution is -2.16. The maximum atomic E-state index is 12.4. The average molecular weight is 490 g/mol. The van der Waals surface area contributed by atoms with Gasteiger partial charge in [-0.2, -0.15) is 5.26 Å². The number of anilines is 1. The second kappa shape index (κ2) is 9.59. The van der Waals surface area contributed by atoms with E-state index in [1.165, 1.54) is 24.3 Å². The van der Waals surface area contributed by atoms with Gasteiger partial charge >= 0.3 is 0 Å². The van der Waals surface area contributed by atoms with Crippen molar-refractivity contribution in [2.75, 3.05) is 5.32 Å². The monoisotopic (exact) mass is 489 g/mol. The fourth-order valence-corrected chi connectivity index (χ4v) is 3.84. The molecule has 0 aliphatic rings. The Hall–Kier alpha value is -3.09. The van der Waals surface area contributed by atoms with Crippen LogP contribution in [0.4, 0.5) is 5.69 Å². The van der Waals surface area contributed by atoms with E-state index in [-0.39, 0.29) is 28.0 Å². The maximum Gasteiger partial charge on any atom is 0.238 e. The van der Waals surface area contributed by atoms with Gasteiger partial charge < -0.3 is 10.1 Å². The van der Waals surface area contributed by atoms with Crippen LogP contribution in [-0.4, -0.2) is 14.3 Å². The average Bonchev–Trinajstić information content (AvgIpc) is 2.72. The van der Waals surface area contributed by atoms with Gasteiger partial charge in [-0.15, -0.1) is 0 Å². The van der Waals surface area contributed by atoms with Gasteiger partial charge in [0, 0.05) is 11.8 Å². The number of primary sulfonamides is 1. The largest absolute Gasteiger partial charge is 0.454 e. The highest BCUT2D eigenvalue weighted by molar-refractivity contribution is 7.89. The molecule has 0 aromatic heterocycles. The number of nitrogens with one attached hydrogen (secondary N) is 1. The lowest BCUT2D eigenvalue weighted by Gasteiger charge is -2.12. The van der Waals surface area contributed by atoms with Crippen molar-refractivity contribution in [3.8, 4) is 17.6 Å². The van der Waals surface area contributed by atoms with E-state index in [4.69, 9.17) is 38.3 Å². The summed E-state index contributed by atoms with van der Waals surface area (Å²) in [4.78, 5) is 12.4. The second-order valence-electron chi connectivity index (χ2n) is 6.87. The molecule has 3 N–H and O–H groups in total. The Morgan fingerprint density at radius 3 is 2.44 bits per heavy atom. The van der Waals surface area contributed by atoms with Crippen LogP contribution in [0.1, 0.15) is 16.7 Å². The van der Waals surface area contributed by atoms with Gasteiger partial charge in [0.05, 0.1) is 33.0 Å². The molecule has 3 aromatic rings. The minimum absolute atomic E-state index is 0.0288. The summed E-state index contributed by atoms with van der Waals surface area (Å²) in [6.07, 6.45) is 0.0288. The predicted molar refractivity (Wildman–Crippen MR) is 123 cm³/mol. The van der Waals surface area contributed by atoms with E-state index in [1.54, 1.807) is 37.3 Å². The molecular formula is C22H17Cl2N3O4S. The van der Waals surface area contributed by atoms with Gasteiger partial charge in [-0.25, -0.2) is 13.6 Å². The molecular weight excluding hydrogens is 473 g/mol. The number of halogens is 2. The van der Waals surface area contributed by atoms with Crippen molar-refractivity contribution in [3.05, 3.63) is 81.3 Å². The molecule has 0 aliphatic carbocycles. The highest BCUT2D eigenvalue weighted by Crippen LogP contribution is 2.34. The number of nitrogens with zero attached hydrogens (tertiary/aromatic N) is 1. The molecule has 0 radical (unpaired) electrons. The Morgan fingerprint density at radius 1 is 1.06 bits per heavy atom. The van der Waals surface area contributed by atoms with E-state index < -0.39 is 10.0 Å². The molecule has 0 spiro atoms. The number of nitrogens with two attached hydrogens (primary N) is 1. The number of benzene rings is 3. The molecule has 0 fully saturated rings. The number of sulfonamides is 1. The predicted octanol–water partition coefficient (Wildman–Crippen LogP) is 4.79. The first-order valence-corrected chi connectivity index (χ1v) is 11.5. The van der Waals surface area contributed by atoms with Crippen LogP contribution in [-0.2, 0) is 21.2 Å². The molecule has 164 valence electrons. The number of nitriles is 1. The van der Waals surface area contributed by atoms with Crippen molar-refractivity contribution in [2.24, 2.45) is 5.14 Å². The number of hydrogen-bond donors (Lipinski definition) is 2. The summed E-state index contributed by atoms with van der Waals surface area (Å²) < 4.78 is 28.6. The topological polar surface area (TPSA) is 122 Å². The molecule has 7 nitrogen and oxygen atoms in total. The summed E-state index contributed by atoms with van der Waals surface area (Å²) in [5.41, 5.74) is 2.06. The van der Waals surface area contributed by atoms with E-state index in [1.807, 2.05) is 6.07 Å². The molecule has 32 heavy (non-hydrogen) atoms. The Kier molecular flexibility index (Phi) is 7.06. The van der Waals surface area contributed by atoms with Crippen LogP contribution in [0.2, 0.25) is 10.0 Å². The third kappa shape index (κ3) is 5.78. The normalized spacial score (nSPS) is 11.0. The van der Waals surface area contributed by atoms with Gasteiger partial charge in [-0.3, -0.25) is 4.79 Å². The Labute approximate surface area is 195 Å². The van der Waals surface area contributed by atoms with E-state index in [2.05, 4.69) is 5.32 Å². The fraction of sp³-hybridized carbons (Fsp3) is 0.0909. The quantitative estimate of drug-likeness (QED) is 0.514. The molecule has 3 aromatic carbocycles. The number of carbonyl (C=O) groups is 1. The first kappa shape index (κ1) is 23.6. The smallest absolute Gasteiger partial charge is 0.238 e. The minimum atomic E-state index is -3.82. The summed E-state index contributed by atoms with van der Waals surface area (Å²) in [5, 5.41) is 17.5. The Balaban J connectivity index is 1.71. The van der Waals surface area contributed by atoms with Crippen LogP contribution in [0.25, 0.3) is 0 Å². The minimum Gasteiger partial charge on any atom is -0.454 e. The SMILES string of the molecule is Cc1cc(S(N)(=O)=O)ccc1NC(=O)Cc1ccc(Oc2cc(C#N)ccc2Cl)c(Cl)c1. The van der Waals surface area contributed by atoms with Gasteiger partial charge in [0.1, 0.15) is 11.5 Å². The zero-order valence-electron chi connectivity index (χ0n) is 16.7. The van der Waals surface area contributed by atoms with Crippen LogP contribution in [0.5, 0.6) is 11.5 Å². The first-order chi connectivity index (χ1) is 15.1. The molecule has 1 amide bonds. The highest BCUT2D eigenvalue weighted by Gasteiger charge is 2.13. The molecule has 0 saturated carbocycles. The van der Waals surface area contributed by atoms with Crippen molar-refractivity contribution >= 4 is 44.8 Å². The fourth-order valence-electron chi connectivity index (χ4n) is 2.84. The molecule has 0 saturated heterocycles. The van der Waals surface area contributed by atoms with Crippen LogP contribution < -0.4 is 15.2 Å². The van der Waals surface area contributed by atoms with E-state index >= 15 is 0 Å². The molecule has 10 heteroatoms. The Bertz CT molecular complexity index is 1350. The van der Waals surface area contributed by atoms with Crippen molar-refractivity contribution in [1.29, 1.82) is 5.26 Å². The highest BCUT2D eigenvalue weighted by atomic mass is 35.5. The number of amides is 1. The maximum absolute atomic E-state index is 12.4. The van der Waals surface area contributed by atoms with Crippen LogP contribution in [0.3, 0.4) is 0 Å². The number of rotatable bonds is 6. The summed E-state index contributed by atoms with van der Waals surface area (Å²) in [6.45, 7) is 1.67. The summed E-state index contributed by atoms with van der Waals surface area (Å²) in [7, 11) is -3.82. The number of carbonyl (C=O) groups excluding carboxylic acids is 1. The Morgan fingerprint density at radius 2 is 1.81 bits per heavy atom. The molecule has 3 rings (SSSR count). The van der Waals surface area contributed by atoms with Gasteiger partial charge in [-0.1, -0.05) is 29.3 Å². The van der Waals surface area contributed by atoms with Crippen LogP contribution >= 0.6 is 23.2 Å². The van der Waals surface area contributed by atoms with Gasteiger partial charge in [0.15, 0.2) is 0 Å². The number of aryl methyl sites for hydroxylation is 1. The molecule has 0 unspecified atom stereocenters. The summed E-state index contributed by atoms with van der Waals surface area (Å²) in [6, 6.07) is 15.7. The van der Waals surface area contributed by atoms with Crippen molar-refractivity contribution in [3.63, 3.8) is 0 Å². The lowest BCUT2D eigenvalue weighted by molar-refractivity contribution is -0.115. The zero-order chi connectivity index (χ0) is 23.5. The molecule has 0 aliphatic heterocycles. The number of hydrogen-bond acceptors (Lipinski definition) is 5. The summed E-state index contributed by atoms with van der Waals surface area (Å²) in [5.74, 6) is 0.296. The van der Waals surface area contributed by atoms with Crippen molar-refractivity contribution in [1.82, 2.24) is 0 Å². The first-order valence-electron chi connectivity index (χ1n) is 9.16.